The number of nitrogens with one attached hydrogen (secondary N) is 1. The van der Waals surface area contributed by atoms with E-state index in [1.165, 1.54) is 18.4 Å². The molecule has 0 unspecified atom stereocenters. The van der Waals surface area contributed by atoms with Crippen molar-refractivity contribution in [2.45, 2.75) is 31.7 Å². The summed E-state index contributed by atoms with van der Waals surface area (Å²) in [4.78, 5) is 17.8. The van der Waals surface area contributed by atoms with E-state index < -0.39 is 0 Å². The monoisotopic (exact) mass is 343 g/mol. The van der Waals surface area contributed by atoms with E-state index in [9.17, 15) is 4.79 Å². The summed E-state index contributed by atoms with van der Waals surface area (Å²) in [6.07, 6.45) is 4.38. The van der Waals surface area contributed by atoms with Crippen LogP contribution in [0.4, 0.5) is 5.69 Å². The Morgan fingerprint density at radius 2 is 1.96 bits per heavy atom. The van der Waals surface area contributed by atoms with Gasteiger partial charge in [-0.25, -0.2) is 0 Å². The Morgan fingerprint density at radius 3 is 2.84 bits per heavy atom. The first-order chi connectivity index (χ1) is 12.3. The van der Waals surface area contributed by atoms with Crippen molar-refractivity contribution in [3.63, 3.8) is 0 Å². The van der Waals surface area contributed by atoms with Gasteiger partial charge < -0.3 is 10.1 Å². The van der Waals surface area contributed by atoms with Crippen LogP contribution >= 0.6 is 0 Å². The minimum absolute atomic E-state index is 0.0138. The molecule has 3 heterocycles. The van der Waals surface area contributed by atoms with Crippen LogP contribution in [0, 0.1) is 5.92 Å². The Balaban J connectivity index is 1.38. The summed E-state index contributed by atoms with van der Waals surface area (Å²) in [5.41, 5.74) is 2.26. The van der Waals surface area contributed by atoms with Gasteiger partial charge in [-0.05, 0) is 49.8 Å². The maximum atomic E-state index is 12.8. The van der Waals surface area contributed by atoms with Crippen molar-refractivity contribution in [3.8, 4) is 0 Å². The number of carbonyl (C=O) groups is 1. The Bertz CT molecular complexity index is 600. The number of fused-ring (bicyclic) bond motifs is 1. The minimum Gasteiger partial charge on any atom is -0.379 e. The molecular weight excluding hydrogens is 314 g/mol. The van der Waals surface area contributed by atoms with Crippen molar-refractivity contribution in [1.82, 2.24) is 9.80 Å². The first-order valence-corrected chi connectivity index (χ1v) is 9.72. The molecule has 2 saturated heterocycles. The molecule has 1 aromatic carbocycles. The molecule has 136 valence electrons. The molecule has 2 atom stereocenters. The third-order valence-electron chi connectivity index (χ3n) is 5.88. The lowest BCUT2D eigenvalue weighted by molar-refractivity contribution is -0.122. The average molecular weight is 343 g/mol. The van der Waals surface area contributed by atoms with E-state index in [-0.39, 0.29) is 11.9 Å². The first kappa shape index (κ1) is 17.0. The average Bonchev–Trinajstić information content (AvgIpc) is 2.81. The normalized spacial score (nSPS) is 28.9. The van der Waals surface area contributed by atoms with E-state index in [2.05, 4.69) is 27.2 Å². The highest BCUT2D eigenvalue weighted by Crippen LogP contribution is 2.27. The van der Waals surface area contributed by atoms with E-state index in [1.54, 1.807) is 0 Å². The van der Waals surface area contributed by atoms with Crippen molar-refractivity contribution in [2.24, 2.45) is 5.92 Å². The number of rotatable bonds is 3. The number of morpholine rings is 1. The molecule has 1 aromatic rings. The largest absolute Gasteiger partial charge is 0.379 e. The van der Waals surface area contributed by atoms with Crippen molar-refractivity contribution in [1.29, 1.82) is 0 Å². The van der Waals surface area contributed by atoms with Gasteiger partial charge in [-0.2, -0.15) is 0 Å². The zero-order valence-corrected chi connectivity index (χ0v) is 15.0. The van der Waals surface area contributed by atoms with Gasteiger partial charge >= 0.3 is 0 Å². The summed E-state index contributed by atoms with van der Waals surface area (Å²) in [6.45, 7) is 7.07. The van der Waals surface area contributed by atoms with Crippen LogP contribution < -0.4 is 5.32 Å². The zero-order chi connectivity index (χ0) is 17.1. The summed E-state index contributed by atoms with van der Waals surface area (Å²) >= 11 is 0. The molecule has 0 saturated carbocycles. The van der Waals surface area contributed by atoms with Crippen LogP contribution in [-0.4, -0.2) is 67.7 Å². The topological polar surface area (TPSA) is 44.8 Å². The number of hydrogen-bond acceptors (Lipinski definition) is 4. The Labute approximate surface area is 150 Å². The van der Waals surface area contributed by atoms with Gasteiger partial charge in [0.15, 0.2) is 0 Å². The second-order valence-electron chi connectivity index (χ2n) is 7.62. The highest BCUT2D eigenvalue weighted by molar-refractivity contribution is 5.96. The van der Waals surface area contributed by atoms with E-state index >= 15 is 0 Å². The predicted octanol–water partition coefficient (Wildman–Crippen LogP) is 1.98. The zero-order valence-electron chi connectivity index (χ0n) is 15.0. The lowest BCUT2D eigenvalue weighted by atomic mass is 9.94. The second-order valence-corrected chi connectivity index (χ2v) is 7.62. The van der Waals surface area contributed by atoms with Gasteiger partial charge in [-0.3, -0.25) is 14.6 Å². The Kier molecular flexibility index (Phi) is 5.34. The molecule has 2 fully saturated rings. The van der Waals surface area contributed by atoms with Gasteiger partial charge in [0, 0.05) is 31.9 Å². The maximum absolute atomic E-state index is 12.8. The third-order valence-corrected chi connectivity index (χ3v) is 5.88. The fourth-order valence-corrected chi connectivity index (χ4v) is 4.53. The van der Waals surface area contributed by atoms with Gasteiger partial charge in [0.05, 0.1) is 19.3 Å². The number of benzene rings is 1. The van der Waals surface area contributed by atoms with Crippen molar-refractivity contribution in [3.05, 3.63) is 29.8 Å². The molecule has 25 heavy (non-hydrogen) atoms. The number of piperidine rings is 1. The van der Waals surface area contributed by atoms with Gasteiger partial charge in [-0.1, -0.05) is 18.2 Å². The third kappa shape index (κ3) is 4.05. The molecule has 0 bridgehead atoms. The molecule has 1 amide bonds. The molecule has 4 rings (SSSR count). The quantitative estimate of drug-likeness (QED) is 0.912. The summed E-state index contributed by atoms with van der Waals surface area (Å²) in [7, 11) is 0. The van der Waals surface area contributed by atoms with E-state index in [0.29, 0.717) is 5.92 Å². The van der Waals surface area contributed by atoms with E-state index in [1.807, 2.05) is 12.1 Å². The minimum atomic E-state index is 0.0138. The maximum Gasteiger partial charge on any atom is 0.241 e. The van der Waals surface area contributed by atoms with Crippen LogP contribution in [-0.2, 0) is 16.0 Å². The lowest BCUT2D eigenvalue weighted by Crippen LogP contribution is -2.50. The van der Waals surface area contributed by atoms with Crippen LogP contribution in [0.5, 0.6) is 0 Å². The summed E-state index contributed by atoms with van der Waals surface area (Å²) < 4.78 is 5.46. The molecule has 0 radical (unpaired) electrons. The Morgan fingerprint density at radius 1 is 1.12 bits per heavy atom. The van der Waals surface area contributed by atoms with Crippen molar-refractivity contribution >= 4 is 11.6 Å². The number of para-hydroxylation sites is 1. The summed E-state index contributed by atoms with van der Waals surface area (Å²) in [5, 5.41) is 3.16. The molecule has 0 aliphatic carbocycles. The number of amides is 1. The highest BCUT2D eigenvalue weighted by Gasteiger charge is 2.32. The highest BCUT2D eigenvalue weighted by atomic mass is 16.5. The number of anilines is 1. The molecule has 1 N–H and O–H groups in total. The summed E-state index contributed by atoms with van der Waals surface area (Å²) in [5.74, 6) is 0.849. The van der Waals surface area contributed by atoms with Crippen LogP contribution in [0.1, 0.15) is 24.8 Å². The number of aryl methyl sites for hydroxylation is 1. The number of carbonyl (C=O) groups excluding carboxylic acids is 1. The Hall–Kier alpha value is -1.43. The van der Waals surface area contributed by atoms with Gasteiger partial charge in [-0.15, -0.1) is 0 Å². The lowest BCUT2D eigenvalue weighted by Gasteiger charge is -2.39. The molecular formula is C20H29N3O2. The smallest absolute Gasteiger partial charge is 0.241 e. The molecule has 0 aromatic heterocycles. The predicted molar refractivity (Wildman–Crippen MR) is 98.7 cm³/mol. The van der Waals surface area contributed by atoms with Crippen LogP contribution in [0.2, 0.25) is 0 Å². The van der Waals surface area contributed by atoms with Crippen LogP contribution in [0.25, 0.3) is 0 Å². The first-order valence-electron chi connectivity index (χ1n) is 9.72. The molecule has 5 nitrogen and oxygen atoms in total. The SMILES string of the molecule is O=C1Nc2ccccc2CC[C@H]1N1CCC[C@H](CN2CCOCC2)C1. The van der Waals surface area contributed by atoms with Gasteiger partial charge in [0.1, 0.15) is 0 Å². The number of nitrogens with zero attached hydrogens (tertiary/aromatic N) is 2. The van der Waals surface area contributed by atoms with E-state index in [0.717, 1.165) is 64.5 Å². The standard InChI is InChI=1S/C20H29N3O2/c24-20-19(8-7-17-5-1-2-6-18(17)21-20)23-9-3-4-16(15-23)14-22-10-12-25-13-11-22/h1-2,5-6,16,19H,3-4,7-15H2,(H,21,24)/t16-,19-/m1/s1. The molecule has 3 aliphatic heterocycles. The second kappa shape index (κ2) is 7.85. The molecule has 3 aliphatic rings. The number of hydrogen-bond donors (Lipinski definition) is 1. The van der Waals surface area contributed by atoms with Crippen LogP contribution in [0.15, 0.2) is 24.3 Å². The fraction of sp³-hybridized carbons (Fsp3) is 0.650. The van der Waals surface area contributed by atoms with Crippen molar-refractivity contribution < 1.29 is 9.53 Å². The summed E-state index contributed by atoms with van der Waals surface area (Å²) in [6, 6.07) is 8.23. The number of likely N-dealkylation sites (tertiary alicyclic amines) is 1. The fourth-order valence-electron chi connectivity index (χ4n) is 4.53. The van der Waals surface area contributed by atoms with Gasteiger partial charge in [0.2, 0.25) is 5.91 Å². The van der Waals surface area contributed by atoms with Crippen LogP contribution in [0.3, 0.4) is 0 Å². The van der Waals surface area contributed by atoms with E-state index in [4.69, 9.17) is 4.74 Å². The number of ether oxygens (including phenoxy) is 1. The molecule has 0 spiro atoms. The molecule has 5 heteroatoms. The van der Waals surface area contributed by atoms with Gasteiger partial charge in [0.25, 0.3) is 0 Å². The van der Waals surface area contributed by atoms with Crippen molar-refractivity contribution in [2.75, 3.05) is 51.3 Å².